The molecule has 0 spiro atoms. The van der Waals surface area contributed by atoms with Gasteiger partial charge in [0.15, 0.2) is 0 Å². The normalized spacial score (nSPS) is 17.1. The Kier molecular flexibility index (Phi) is 4.99. The topological polar surface area (TPSA) is 72.4 Å². The van der Waals surface area contributed by atoms with Gasteiger partial charge in [-0.25, -0.2) is 0 Å². The molecule has 1 aromatic carbocycles. The lowest BCUT2D eigenvalue weighted by molar-refractivity contribution is 0.0776. The summed E-state index contributed by atoms with van der Waals surface area (Å²) < 4.78 is 7.49. The van der Waals surface area contributed by atoms with E-state index >= 15 is 0 Å². The SMILES string of the molecule is CCC(NC(=O)c1cc(C(=O)NC2CC2)n2c1COCC2)c1ccccc1. The number of nitrogens with one attached hydrogen (secondary N) is 2. The largest absolute Gasteiger partial charge is 0.373 e. The summed E-state index contributed by atoms with van der Waals surface area (Å²) >= 11 is 0. The molecule has 2 N–H and O–H groups in total. The first-order chi connectivity index (χ1) is 13.2. The minimum absolute atomic E-state index is 0.0671. The van der Waals surface area contributed by atoms with E-state index in [1.54, 1.807) is 6.07 Å². The third-order valence-corrected chi connectivity index (χ3v) is 5.21. The molecule has 2 heterocycles. The highest BCUT2D eigenvalue weighted by atomic mass is 16.5. The number of carbonyl (C=O) groups is 2. The summed E-state index contributed by atoms with van der Waals surface area (Å²) in [6.07, 6.45) is 2.85. The van der Waals surface area contributed by atoms with Gasteiger partial charge in [0.1, 0.15) is 5.69 Å². The van der Waals surface area contributed by atoms with Gasteiger partial charge in [-0.3, -0.25) is 9.59 Å². The molecule has 6 nitrogen and oxygen atoms in total. The summed E-state index contributed by atoms with van der Waals surface area (Å²) in [5, 5.41) is 6.13. The van der Waals surface area contributed by atoms with Crippen LogP contribution in [0.4, 0.5) is 0 Å². The van der Waals surface area contributed by atoms with Crippen molar-refractivity contribution in [2.75, 3.05) is 6.61 Å². The average molecular weight is 367 g/mol. The predicted molar refractivity (Wildman–Crippen MR) is 102 cm³/mol. The number of fused-ring (bicyclic) bond motifs is 1. The van der Waals surface area contributed by atoms with Crippen LogP contribution in [0.2, 0.25) is 0 Å². The fourth-order valence-electron chi connectivity index (χ4n) is 3.54. The standard InChI is InChI=1S/C21H25N3O3/c1-2-17(14-6-4-3-5-7-14)23-20(25)16-12-18(21(26)22-15-8-9-15)24-10-11-27-13-19(16)24/h3-7,12,15,17H,2,8-11,13H2,1H3,(H,22,26)(H,23,25). The maximum Gasteiger partial charge on any atom is 0.268 e. The Morgan fingerprint density at radius 3 is 2.70 bits per heavy atom. The van der Waals surface area contributed by atoms with Gasteiger partial charge < -0.3 is 19.9 Å². The second-order valence-corrected chi connectivity index (χ2v) is 7.19. The van der Waals surface area contributed by atoms with E-state index in [9.17, 15) is 9.59 Å². The van der Waals surface area contributed by atoms with Crippen molar-refractivity contribution in [3.8, 4) is 0 Å². The number of amides is 2. The van der Waals surface area contributed by atoms with Crippen molar-refractivity contribution in [1.82, 2.24) is 15.2 Å². The summed E-state index contributed by atoms with van der Waals surface area (Å²) in [6.45, 7) is 3.53. The molecule has 1 atom stereocenters. The zero-order valence-corrected chi connectivity index (χ0v) is 15.5. The summed E-state index contributed by atoms with van der Waals surface area (Å²) in [4.78, 5) is 25.6. The number of carbonyl (C=O) groups excluding carboxylic acids is 2. The number of hydrogen-bond donors (Lipinski definition) is 2. The van der Waals surface area contributed by atoms with Crippen LogP contribution in [-0.2, 0) is 17.9 Å². The average Bonchev–Trinajstić information content (AvgIpc) is 3.43. The van der Waals surface area contributed by atoms with Gasteiger partial charge in [-0.2, -0.15) is 0 Å². The number of aromatic nitrogens is 1. The maximum atomic E-state index is 13.0. The van der Waals surface area contributed by atoms with Crippen LogP contribution in [0, 0.1) is 0 Å². The Bertz CT molecular complexity index is 840. The number of benzene rings is 1. The number of ether oxygens (including phenoxy) is 1. The first-order valence-electron chi connectivity index (χ1n) is 9.64. The van der Waals surface area contributed by atoms with Crippen molar-refractivity contribution in [3.05, 3.63) is 58.9 Å². The third-order valence-electron chi connectivity index (χ3n) is 5.21. The van der Waals surface area contributed by atoms with E-state index < -0.39 is 0 Å². The summed E-state index contributed by atoms with van der Waals surface area (Å²) in [5.41, 5.74) is 2.94. The Labute approximate surface area is 158 Å². The molecule has 1 fully saturated rings. The van der Waals surface area contributed by atoms with E-state index in [1.165, 1.54) is 0 Å². The summed E-state index contributed by atoms with van der Waals surface area (Å²) in [7, 11) is 0. The Balaban J connectivity index is 1.59. The zero-order chi connectivity index (χ0) is 18.8. The fourth-order valence-corrected chi connectivity index (χ4v) is 3.54. The lowest BCUT2D eigenvalue weighted by Crippen LogP contribution is -2.30. The molecule has 4 rings (SSSR count). The van der Waals surface area contributed by atoms with E-state index in [-0.39, 0.29) is 23.9 Å². The van der Waals surface area contributed by atoms with Crippen LogP contribution in [0.3, 0.4) is 0 Å². The first-order valence-corrected chi connectivity index (χ1v) is 9.64. The maximum absolute atomic E-state index is 13.0. The van der Waals surface area contributed by atoms with Crippen LogP contribution in [0.25, 0.3) is 0 Å². The lowest BCUT2D eigenvalue weighted by atomic mass is 10.0. The smallest absolute Gasteiger partial charge is 0.268 e. The van der Waals surface area contributed by atoms with Gasteiger partial charge in [0.2, 0.25) is 0 Å². The molecular formula is C21H25N3O3. The molecule has 0 bridgehead atoms. The van der Waals surface area contributed by atoms with Crippen molar-refractivity contribution in [2.24, 2.45) is 0 Å². The van der Waals surface area contributed by atoms with Crippen LogP contribution in [0.5, 0.6) is 0 Å². The molecule has 2 aromatic rings. The molecule has 1 unspecified atom stereocenters. The fraction of sp³-hybridized carbons (Fsp3) is 0.429. The number of hydrogen-bond acceptors (Lipinski definition) is 3. The molecule has 1 aliphatic carbocycles. The van der Waals surface area contributed by atoms with E-state index in [2.05, 4.69) is 10.6 Å². The molecule has 1 saturated carbocycles. The van der Waals surface area contributed by atoms with Gasteiger partial charge >= 0.3 is 0 Å². The third kappa shape index (κ3) is 3.76. The highest BCUT2D eigenvalue weighted by Gasteiger charge is 2.30. The van der Waals surface area contributed by atoms with Gasteiger partial charge in [-0.1, -0.05) is 37.3 Å². The molecule has 1 aliphatic heterocycles. The van der Waals surface area contributed by atoms with Crippen molar-refractivity contribution in [1.29, 1.82) is 0 Å². The zero-order valence-electron chi connectivity index (χ0n) is 15.5. The molecule has 2 amide bonds. The van der Waals surface area contributed by atoms with Crippen LogP contribution in [-0.4, -0.2) is 29.0 Å². The molecule has 2 aliphatic rings. The number of rotatable bonds is 6. The predicted octanol–water partition coefficient (Wildman–Crippen LogP) is 2.79. The van der Waals surface area contributed by atoms with Crippen molar-refractivity contribution in [2.45, 2.75) is 51.4 Å². The Morgan fingerprint density at radius 1 is 1.22 bits per heavy atom. The van der Waals surface area contributed by atoms with Gasteiger partial charge in [-0.15, -0.1) is 0 Å². The van der Waals surface area contributed by atoms with Crippen molar-refractivity contribution < 1.29 is 14.3 Å². The second-order valence-electron chi connectivity index (χ2n) is 7.19. The van der Waals surface area contributed by atoms with Crippen LogP contribution in [0.15, 0.2) is 36.4 Å². The van der Waals surface area contributed by atoms with Crippen LogP contribution < -0.4 is 10.6 Å². The second kappa shape index (κ2) is 7.56. The van der Waals surface area contributed by atoms with Gasteiger partial charge in [0.25, 0.3) is 11.8 Å². The number of nitrogens with zero attached hydrogens (tertiary/aromatic N) is 1. The van der Waals surface area contributed by atoms with Gasteiger partial charge in [0.05, 0.1) is 30.5 Å². The van der Waals surface area contributed by atoms with E-state index in [0.29, 0.717) is 31.0 Å². The monoisotopic (exact) mass is 367 g/mol. The summed E-state index contributed by atoms with van der Waals surface area (Å²) in [5.74, 6) is -0.264. The minimum atomic E-state index is -0.162. The molecule has 0 radical (unpaired) electrons. The van der Waals surface area contributed by atoms with E-state index in [0.717, 1.165) is 30.5 Å². The minimum Gasteiger partial charge on any atom is -0.373 e. The molecular weight excluding hydrogens is 342 g/mol. The highest BCUT2D eigenvalue weighted by molar-refractivity contribution is 6.01. The van der Waals surface area contributed by atoms with Crippen molar-refractivity contribution in [3.63, 3.8) is 0 Å². The van der Waals surface area contributed by atoms with Crippen molar-refractivity contribution >= 4 is 11.8 Å². The molecule has 142 valence electrons. The highest BCUT2D eigenvalue weighted by Crippen LogP contribution is 2.25. The van der Waals surface area contributed by atoms with Crippen LogP contribution in [0.1, 0.15) is 64.3 Å². The first kappa shape index (κ1) is 17.8. The molecule has 1 aromatic heterocycles. The quantitative estimate of drug-likeness (QED) is 0.825. The Hall–Kier alpha value is -2.60. The molecule has 27 heavy (non-hydrogen) atoms. The van der Waals surface area contributed by atoms with Gasteiger partial charge in [0, 0.05) is 12.6 Å². The Morgan fingerprint density at radius 2 is 2.00 bits per heavy atom. The lowest BCUT2D eigenvalue weighted by Gasteiger charge is -2.20. The van der Waals surface area contributed by atoms with E-state index in [1.807, 2.05) is 41.8 Å². The molecule has 6 heteroatoms. The summed E-state index contributed by atoms with van der Waals surface area (Å²) in [6, 6.07) is 11.9. The van der Waals surface area contributed by atoms with E-state index in [4.69, 9.17) is 4.74 Å². The van der Waals surface area contributed by atoms with Crippen LogP contribution >= 0.6 is 0 Å². The van der Waals surface area contributed by atoms with Gasteiger partial charge in [-0.05, 0) is 30.9 Å². The molecule has 0 saturated heterocycles.